The summed E-state index contributed by atoms with van der Waals surface area (Å²) >= 11 is 6.01. The molecule has 0 atom stereocenters. The van der Waals surface area contributed by atoms with Crippen molar-refractivity contribution in [3.05, 3.63) is 73.0 Å². The number of amides is 1. The maximum atomic E-state index is 13.1. The van der Waals surface area contributed by atoms with Crippen LogP contribution in [-0.2, 0) is 25.1 Å². The average Bonchev–Trinajstić information content (AvgIpc) is 3.14. The van der Waals surface area contributed by atoms with Crippen LogP contribution in [0.4, 0.5) is 24.5 Å². The SMILES string of the molecule is Cn1c(=O)n(C)c2cc([N+](=O)[O-])c(/C=C3/SC(=S)N(c4cccc(C(F)(F)F)c4)C3=O)cc21. The summed E-state index contributed by atoms with van der Waals surface area (Å²) in [4.78, 5) is 37.1. The number of carbonyl (C=O) groups is 1. The summed E-state index contributed by atoms with van der Waals surface area (Å²) < 4.78 is 41.8. The van der Waals surface area contributed by atoms with Crippen molar-refractivity contribution in [1.29, 1.82) is 0 Å². The second kappa shape index (κ2) is 7.85. The zero-order chi connectivity index (χ0) is 24.2. The molecular formula is C20H13F3N4O4S2. The molecule has 1 aromatic heterocycles. The summed E-state index contributed by atoms with van der Waals surface area (Å²) in [6.07, 6.45) is -3.35. The Bertz CT molecular complexity index is 1460. The number of hydrogen-bond donors (Lipinski definition) is 0. The number of nitro benzene ring substituents is 1. The number of aromatic nitrogens is 2. The highest BCUT2D eigenvalue weighted by Gasteiger charge is 2.36. The molecule has 2 heterocycles. The minimum atomic E-state index is -4.60. The number of hydrogen-bond acceptors (Lipinski definition) is 6. The van der Waals surface area contributed by atoms with Crippen molar-refractivity contribution in [1.82, 2.24) is 9.13 Å². The van der Waals surface area contributed by atoms with E-state index in [1.165, 1.54) is 47.5 Å². The van der Waals surface area contributed by atoms with E-state index in [0.717, 1.165) is 34.9 Å². The van der Waals surface area contributed by atoms with Crippen LogP contribution < -0.4 is 10.6 Å². The number of imidazole rings is 1. The molecule has 3 aromatic rings. The Morgan fingerprint density at radius 3 is 2.33 bits per heavy atom. The van der Waals surface area contributed by atoms with E-state index in [1.54, 1.807) is 0 Å². The highest BCUT2D eigenvalue weighted by Crippen LogP contribution is 2.39. The molecule has 1 amide bonds. The van der Waals surface area contributed by atoms with Crippen LogP contribution >= 0.6 is 24.0 Å². The molecule has 1 fully saturated rings. The summed E-state index contributed by atoms with van der Waals surface area (Å²) in [7, 11) is 2.99. The normalized spacial score (nSPS) is 15.8. The molecule has 0 saturated carbocycles. The highest BCUT2D eigenvalue weighted by atomic mass is 32.2. The first-order valence-electron chi connectivity index (χ1n) is 9.19. The van der Waals surface area contributed by atoms with E-state index in [4.69, 9.17) is 12.2 Å². The van der Waals surface area contributed by atoms with Gasteiger partial charge in [0.2, 0.25) is 0 Å². The predicted molar refractivity (Wildman–Crippen MR) is 122 cm³/mol. The number of halogens is 3. The van der Waals surface area contributed by atoms with Crippen LogP contribution in [0, 0.1) is 10.1 Å². The standard InChI is InChI=1S/C20H13F3N4O4S2/c1-24-14-6-10(13(27(30)31)9-15(14)25(2)18(24)29)7-16-17(28)26(19(32)33-16)12-5-3-4-11(8-12)20(21,22)23/h3-9H,1-2H3/b16-7+. The molecule has 1 aliphatic heterocycles. The largest absolute Gasteiger partial charge is 0.416 e. The summed E-state index contributed by atoms with van der Waals surface area (Å²) in [5.74, 6) is -0.708. The van der Waals surface area contributed by atoms with Gasteiger partial charge in [-0.15, -0.1) is 0 Å². The van der Waals surface area contributed by atoms with E-state index in [9.17, 15) is 32.9 Å². The minimum absolute atomic E-state index is 0.000734. The van der Waals surface area contributed by atoms with Crippen molar-refractivity contribution in [3.63, 3.8) is 0 Å². The molecule has 0 spiro atoms. The number of thiocarbonyl (C=S) groups is 1. The van der Waals surface area contributed by atoms with Crippen molar-refractivity contribution in [2.75, 3.05) is 4.90 Å². The summed E-state index contributed by atoms with van der Waals surface area (Å²) in [6.45, 7) is 0. The van der Waals surface area contributed by atoms with E-state index < -0.39 is 22.6 Å². The molecule has 0 radical (unpaired) electrons. The molecular weight excluding hydrogens is 481 g/mol. The highest BCUT2D eigenvalue weighted by molar-refractivity contribution is 8.27. The van der Waals surface area contributed by atoms with Gasteiger partial charge in [0.05, 0.1) is 37.7 Å². The molecule has 2 aromatic carbocycles. The molecule has 8 nitrogen and oxygen atoms in total. The Hall–Kier alpha value is -3.45. The molecule has 1 aliphatic rings. The van der Waals surface area contributed by atoms with Crippen molar-refractivity contribution in [2.45, 2.75) is 6.18 Å². The molecule has 1 saturated heterocycles. The number of anilines is 1. The number of nitro groups is 1. The lowest BCUT2D eigenvalue weighted by molar-refractivity contribution is -0.385. The van der Waals surface area contributed by atoms with Crippen molar-refractivity contribution < 1.29 is 22.9 Å². The quantitative estimate of drug-likeness (QED) is 0.235. The Morgan fingerprint density at radius 2 is 1.73 bits per heavy atom. The van der Waals surface area contributed by atoms with Gasteiger partial charge in [-0.25, -0.2) is 4.79 Å². The fraction of sp³-hybridized carbons (Fsp3) is 0.150. The molecule has 0 aliphatic carbocycles. The monoisotopic (exact) mass is 494 g/mol. The first-order valence-corrected chi connectivity index (χ1v) is 10.4. The fourth-order valence-electron chi connectivity index (χ4n) is 3.48. The minimum Gasteiger partial charge on any atom is -0.295 e. The summed E-state index contributed by atoms with van der Waals surface area (Å²) in [5.41, 5.74) is -0.926. The van der Waals surface area contributed by atoms with Crippen molar-refractivity contribution in [2.24, 2.45) is 14.1 Å². The lowest BCUT2D eigenvalue weighted by Crippen LogP contribution is -2.27. The van der Waals surface area contributed by atoms with Gasteiger partial charge in [0, 0.05) is 20.2 Å². The van der Waals surface area contributed by atoms with E-state index >= 15 is 0 Å². The van der Waals surface area contributed by atoms with Crippen LogP contribution in [0.2, 0.25) is 0 Å². The maximum absolute atomic E-state index is 13.1. The maximum Gasteiger partial charge on any atom is 0.416 e. The zero-order valence-corrected chi connectivity index (χ0v) is 18.5. The fourth-order valence-corrected chi connectivity index (χ4v) is 4.77. The van der Waals surface area contributed by atoms with Crippen LogP contribution in [0.1, 0.15) is 11.1 Å². The molecule has 0 unspecified atom stereocenters. The van der Waals surface area contributed by atoms with E-state index in [1.807, 2.05) is 0 Å². The van der Waals surface area contributed by atoms with Gasteiger partial charge in [-0.05, 0) is 30.3 Å². The summed E-state index contributed by atoms with van der Waals surface area (Å²) in [6, 6.07) is 6.80. The number of carbonyl (C=O) groups excluding carboxylic acids is 1. The second-order valence-electron chi connectivity index (χ2n) is 7.12. The lowest BCUT2D eigenvalue weighted by Gasteiger charge is -2.16. The van der Waals surface area contributed by atoms with Gasteiger partial charge >= 0.3 is 11.9 Å². The Balaban J connectivity index is 1.81. The topological polar surface area (TPSA) is 90.4 Å². The summed E-state index contributed by atoms with van der Waals surface area (Å²) in [5, 5.41) is 11.7. The van der Waals surface area contributed by atoms with Gasteiger partial charge in [0.25, 0.3) is 11.6 Å². The van der Waals surface area contributed by atoms with Gasteiger partial charge < -0.3 is 0 Å². The second-order valence-corrected chi connectivity index (χ2v) is 8.80. The third-order valence-electron chi connectivity index (χ3n) is 5.13. The van der Waals surface area contributed by atoms with Crippen LogP contribution in [-0.4, -0.2) is 24.3 Å². The molecule has 13 heteroatoms. The molecule has 0 bridgehead atoms. The number of aryl methyl sites for hydroxylation is 2. The Morgan fingerprint density at radius 1 is 1.09 bits per heavy atom. The van der Waals surface area contributed by atoms with E-state index in [2.05, 4.69) is 0 Å². The van der Waals surface area contributed by atoms with Gasteiger partial charge in [-0.2, -0.15) is 13.2 Å². The Labute approximate surface area is 193 Å². The number of alkyl halides is 3. The number of benzene rings is 2. The zero-order valence-electron chi connectivity index (χ0n) is 16.9. The number of rotatable bonds is 3. The first-order chi connectivity index (χ1) is 15.4. The Kier molecular flexibility index (Phi) is 5.41. The van der Waals surface area contributed by atoms with E-state index in [0.29, 0.717) is 11.0 Å². The van der Waals surface area contributed by atoms with Gasteiger partial charge in [0.1, 0.15) is 0 Å². The molecule has 0 N–H and O–H groups in total. The third kappa shape index (κ3) is 3.82. The van der Waals surface area contributed by atoms with Gasteiger partial charge in [-0.1, -0.05) is 30.0 Å². The molecule has 4 rings (SSSR count). The number of fused-ring (bicyclic) bond motifs is 1. The van der Waals surface area contributed by atoms with Crippen LogP contribution in [0.3, 0.4) is 0 Å². The van der Waals surface area contributed by atoms with E-state index in [-0.39, 0.29) is 31.9 Å². The van der Waals surface area contributed by atoms with Crippen LogP contribution in [0.5, 0.6) is 0 Å². The van der Waals surface area contributed by atoms with Crippen molar-refractivity contribution >= 4 is 62.7 Å². The number of nitrogens with zero attached hydrogens (tertiary/aromatic N) is 4. The van der Waals surface area contributed by atoms with Gasteiger partial charge in [0.15, 0.2) is 4.32 Å². The molecule has 170 valence electrons. The molecule has 33 heavy (non-hydrogen) atoms. The van der Waals surface area contributed by atoms with Crippen LogP contribution in [0.25, 0.3) is 17.1 Å². The predicted octanol–water partition coefficient (Wildman–Crippen LogP) is 4.21. The third-order valence-corrected chi connectivity index (χ3v) is 6.43. The first kappa shape index (κ1) is 22.7. The average molecular weight is 494 g/mol. The number of thioether (sulfide) groups is 1. The smallest absolute Gasteiger partial charge is 0.295 e. The van der Waals surface area contributed by atoms with Crippen LogP contribution in [0.15, 0.2) is 46.1 Å². The lowest BCUT2D eigenvalue weighted by atomic mass is 10.1. The van der Waals surface area contributed by atoms with Crippen molar-refractivity contribution in [3.8, 4) is 0 Å². The van der Waals surface area contributed by atoms with Gasteiger partial charge in [-0.3, -0.25) is 28.9 Å².